The molecule has 2 aliphatic heterocycles. The van der Waals surface area contributed by atoms with E-state index in [2.05, 4.69) is 81.5 Å². The molecule has 2 saturated heterocycles. The van der Waals surface area contributed by atoms with E-state index in [9.17, 15) is 24.8 Å². The van der Waals surface area contributed by atoms with E-state index in [0.29, 0.717) is 53.6 Å². The van der Waals surface area contributed by atoms with Crippen molar-refractivity contribution in [3.8, 4) is 22.3 Å². The lowest BCUT2D eigenvalue weighted by molar-refractivity contribution is -0.164. The van der Waals surface area contributed by atoms with Crippen molar-refractivity contribution in [3.63, 3.8) is 0 Å². The number of nitrogens with zero attached hydrogens (tertiary/aromatic N) is 7. The fraction of sp³-hybridized carbons (Fsp3) is 0.481. The molecule has 1 aliphatic carbocycles. The Morgan fingerprint density at radius 1 is 1.04 bits per heavy atom. The summed E-state index contributed by atoms with van der Waals surface area (Å²) < 4.78 is 12.1. The molecule has 5 aromatic rings. The Kier molecular flexibility index (Phi) is 14.9. The molecule has 69 heavy (non-hydrogen) atoms. The van der Waals surface area contributed by atoms with E-state index < -0.39 is 18.1 Å². The Morgan fingerprint density at radius 3 is 2.42 bits per heavy atom. The highest BCUT2D eigenvalue weighted by molar-refractivity contribution is 7.13. The predicted octanol–water partition coefficient (Wildman–Crippen LogP) is 7.23. The van der Waals surface area contributed by atoms with Crippen LogP contribution in [0.4, 0.5) is 5.82 Å². The van der Waals surface area contributed by atoms with Gasteiger partial charge in [0.2, 0.25) is 5.91 Å². The lowest BCUT2D eigenvalue weighted by atomic mass is 9.49. The van der Waals surface area contributed by atoms with Crippen molar-refractivity contribution >= 4 is 46.9 Å². The lowest BCUT2D eigenvalue weighted by Gasteiger charge is -2.63. The van der Waals surface area contributed by atoms with Gasteiger partial charge < -0.3 is 34.7 Å². The van der Waals surface area contributed by atoms with E-state index in [4.69, 9.17) is 20.9 Å². The first-order valence-corrected chi connectivity index (χ1v) is 25.0. The Hall–Kier alpha value is -5.70. The molecule has 3 fully saturated rings. The molecule has 364 valence electrons. The average Bonchev–Trinajstić information content (AvgIpc) is 4.09. The van der Waals surface area contributed by atoms with Crippen molar-refractivity contribution in [1.82, 2.24) is 35.6 Å². The van der Waals surface area contributed by atoms with Gasteiger partial charge in [-0.05, 0) is 61.6 Å². The zero-order chi connectivity index (χ0) is 49.2. The molecular formula is C52H62ClN9O6S. The average molecular weight is 977 g/mol. The Balaban J connectivity index is 0.777. The van der Waals surface area contributed by atoms with Gasteiger partial charge in [-0.1, -0.05) is 75.6 Å². The molecule has 2 aromatic carbocycles. The monoisotopic (exact) mass is 975 g/mol. The number of aliphatic hydroxyl groups excluding tert-OH is 1. The summed E-state index contributed by atoms with van der Waals surface area (Å²) in [6.45, 7) is 18.9. The van der Waals surface area contributed by atoms with Gasteiger partial charge in [0.05, 0.1) is 62.0 Å². The standard InChI is InChI=1S/C52H62ClN9O6S/c1-31(27-62-28-39(64)23-43(62)48(66)57-32(2)34-8-10-35(11-9-34)46-33(3)56-30-69-46)41(29-63)44-22-38(59-68-44)16-17-60-18-20-61(21-19-60)45-15-13-37(26-55-45)47(65)58-49-51(4,5)50(52(49,6)7)67-40-14-12-36(25-54)42(53)24-40/h8-15,22,24,26,29-32,39,41,43,49-50,64H,16-21,23,27-28H2,1-7H3,(H,57,66)(H,58,65)/t31?,32-,39+,41?,43-,49?,50?/m0/s1. The summed E-state index contributed by atoms with van der Waals surface area (Å²) in [5.41, 5.74) is 5.78. The summed E-state index contributed by atoms with van der Waals surface area (Å²) in [5.74, 6) is 0.782. The van der Waals surface area contributed by atoms with Gasteiger partial charge in [-0.2, -0.15) is 5.26 Å². The molecular weight excluding hydrogens is 914 g/mol. The number of amides is 2. The molecule has 5 atom stereocenters. The molecule has 3 aliphatic rings. The maximum absolute atomic E-state index is 13.6. The number of thiazole rings is 1. The van der Waals surface area contributed by atoms with Gasteiger partial charge in [0.25, 0.3) is 5.91 Å². The van der Waals surface area contributed by atoms with Crippen LogP contribution in [0.15, 0.2) is 76.9 Å². The number of hydrogen-bond acceptors (Lipinski definition) is 14. The van der Waals surface area contributed by atoms with E-state index in [1.807, 2.05) is 61.5 Å². The number of likely N-dealkylation sites (tertiary alicyclic amines) is 1. The number of aryl methyl sites for hydroxylation is 1. The van der Waals surface area contributed by atoms with E-state index in [0.717, 1.165) is 72.2 Å². The topological polar surface area (TPSA) is 190 Å². The van der Waals surface area contributed by atoms with Crippen LogP contribution in [0.25, 0.3) is 10.4 Å². The molecule has 0 spiro atoms. The number of rotatable bonds is 17. The van der Waals surface area contributed by atoms with Crippen molar-refractivity contribution in [1.29, 1.82) is 5.26 Å². The van der Waals surface area contributed by atoms with Gasteiger partial charge in [0.1, 0.15) is 35.8 Å². The fourth-order valence-corrected chi connectivity index (χ4v) is 11.8. The summed E-state index contributed by atoms with van der Waals surface area (Å²) in [6, 6.07) is 19.9. The van der Waals surface area contributed by atoms with Crippen LogP contribution in [0.2, 0.25) is 5.02 Å². The van der Waals surface area contributed by atoms with Crippen LogP contribution in [0.5, 0.6) is 5.75 Å². The number of anilines is 1. The lowest BCUT2D eigenvalue weighted by Crippen LogP contribution is -2.74. The largest absolute Gasteiger partial charge is 0.489 e. The molecule has 15 nitrogen and oxygen atoms in total. The predicted molar refractivity (Wildman–Crippen MR) is 265 cm³/mol. The quantitative estimate of drug-likeness (QED) is 0.0792. The number of pyridine rings is 1. The highest BCUT2D eigenvalue weighted by atomic mass is 35.5. The van der Waals surface area contributed by atoms with Crippen LogP contribution < -0.4 is 20.3 Å². The molecule has 1 saturated carbocycles. The number of aliphatic hydroxyl groups is 1. The fourth-order valence-electron chi connectivity index (χ4n) is 10.8. The van der Waals surface area contributed by atoms with E-state index in [1.54, 1.807) is 35.7 Å². The second-order valence-corrected chi connectivity index (χ2v) is 21.4. The minimum absolute atomic E-state index is 0.151. The van der Waals surface area contributed by atoms with Crippen molar-refractivity contribution in [2.45, 2.75) is 97.6 Å². The number of aldehydes is 1. The van der Waals surface area contributed by atoms with Crippen molar-refractivity contribution < 1.29 is 28.8 Å². The van der Waals surface area contributed by atoms with E-state index >= 15 is 0 Å². The number of piperazine rings is 1. The first-order valence-electron chi connectivity index (χ1n) is 23.7. The Morgan fingerprint density at radius 2 is 1.78 bits per heavy atom. The number of β-amino-alcohol motifs (C(OH)–C–C–N with tert-alkyl or cyclic N) is 1. The van der Waals surface area contributed by atoms with Crippen molar-refractivity contribution in [2.75, 3.05) is 50.7 Å². The Bertz CT molecular complexity index is 2640. The molecule has 0 radical (unpaired) electrons. The summed E-state index contributed by atoms with van der Waals surface area (Å²) >= 11 is 7.86. The number of carbonyl (C=O) groups excluding carboxylic acids is 3. The SMILES string of the molecule is Cc1ncsc1-c1ccc([C@H](C)NC(=O)[C@@H]2C[C@@H](O)CN2CC(C)C(C=O)c2cc(CCN3CCN(c4ccc(C(=O)NC5C(C)(C)C(Oc6ccc(C#N)c(Cl)c6)C5(C)C)cn4)CC3)no2)cc1. The molecule has 0 bridgehead atoms. The van der Waals surface area contributed by atoms with Gasteiger partial charge in [-0.3, -0.25) is 19.4 Å². The summed E-state index contributed by atoms with van der Waals surface area (Å²) in [4.78, 5) is 56.4. The molecule has 17 heteroatoms. The molecule has 3 aromatic heterocycles. The zero-order valence-corrected chi connectivity index (χ0v) is 41.9. The number of halogens is 1. The number of hydrogen-bond donors (Lipinski definition) is 3. The number of benzene rings is 2. The van der Waals surface area contributed by atoms with Crippen molar-refractivity contribution in [3.05, 3.63) is 111 Å². The minimum Gasteiger partial charge on any atom is -0.489 e. The van der Waals surface area contributed by atoms with Crippen LogP contribution in [-0.4, -0.2) is 118 Å². The highest BCUT2D eigenvalue weighted by Gasteiger charge is 2.64. The number of nitriles is 1. The number of nitrogens with one attached hydrogen (secondary N) is 2. The van der Waals surface area contributed by atoms with Crippen LogP contribution in [0.1, 0.15) is 98.6 Å². The van der Waals surface area contributed by atoms with E-state index in [-0.39, 0.29) is 46.7 Å². The third kappa shape index (κ3) is 10.7. The number of ether oxygens (including phenoxy) is 1. The molecule has 2 unspecified atom stereocenters. The minimum atomic E-state index is -0.645. The van der Waals surface area contributed by atoms with Crippen molar-refractivity contribution in [2.24, 2.45) is 16.7 Å². The van der Waals surface area contributed by atoms with Crippen LogP contribution in [-0.2, 0) is 16.0 Å². The Labute approximate surface area is 413 Å². The second kappa shape index (κ2) is 20.7. The first kappa shape index (κ1) is 49.7. The summed E-state index contributed by atoms with van der Waals surface area (Å²) in [7, 11) is 0. The van der Waals surface area contributed by atoms with Crippen LogP contribution in [0.3, 0.4) is 0 Å². The van der Waals surface area contributed by atoms with Gasteiger partial charge in [-0.25, -0.2) is 9.97 Å². The maximum Gasteiger partial charge on any atom is 0.253 e. The highest BCUT2D eigenvalue weighted by Crippen LogP contribution is 2.55. The first-order chi connectivity index (χ1) is 33.0. The van der Waals surface area contributed by atoms with E-state index in [1.165, 1.54) is 0 Å². The second-order valence-electron chi connectivity index (χ2n) is 20.1. The summed E-state index contributed by atoms with van der Waals surface area (Å²) in [5, 5.41) is 31.0. The third-order valence-electron chi connectivity index (χ3n) is 14.5. The summed E-state index contributed by atoms with van der Waals surface area (Å²) in [6.07, 6.45) is 2.65. The number of aromatic nitrogens is 3. The zero-order valence-electron chi connectivity index (χ0n) is 40.3. The molecule has 5 heterocycles. The maximum atomic E-state index is 13.6. The number of carbonyl (C=O) groups is 3. The van der Waals surface area contributed by atoms with Crippen LogP contribution in [0, 0.1) is 35.0 Å². The third-order valence-corrected chi connectivity index (χ3v) is 15.8. The van der Waals surface area contributed by atoms with Gasteiger partial charge in [0.15, 0.2) is 0 Å². The molecule has 8 rings (SSSR count). The van der Waals surface area contributed by atoms with Gasteiger partial charge in [-0.15, -0.1) is 11.3 Å². The molecule has 3 N–H and O–H groups in total. The molecule has 2 amide bonds. The van der Waals surface area contributed by atoms with Gasteiger partial charge in [0, 0.05) is 87.4 Å². The van der Waals surface area contributed by atoms with Gasteiger partial charge >= 0.3 is 0 Å². The normalized spacial score (nSPS) is 22.5. The van der Waals surface area contributed by atoms with Crippen LogP contribution >= 0.6 is 22.9 Å². The smallest absolute Gasteiger partial charge is 0.253 e.